The zero-order chi connectivity index (χ0) is 28.1. The predicted molar refractivity (Wildman–Crippen MR) is 161 cm³/mol. The molecule has 1 atom stereocenters. The molecular weight excluding hydrogens is 508 g/mol. The SMILES string of the molecule is Cc1cccc(CN2C(=O)/C(=C\c3ccc(C(=O)N[C@@H](C)C45CC6CC(CC(C6)C4)C5)cc3)Oc3ccccc32)c1. The molecular formula is C36H38N2O3. The first kappa shape index (κ1) is 26.1. The van der Waals surface area contributed by atoms with Crippen LogP contribution < -0.4 is 15.0 Å². The Bertz CT molecular complexity index is 1490. The number of fused-ring (bicyclic) bond motifs is 1. The summed E-state index contributed by atoms with van der Waals surface area (Å²) < 4.78 is 6.08. The van der Waals surface area contributed by atoms with Gasteiger partial charge in [-0.15, -0.1) is 0 Å². The molecule has 5 nitrogen and oxygen atoms in total. The van der Waals surface area contributed by atoms with Gasteiger partial charge in [-0.1, -0.05) is 54.1 Å². The van der Waals surface area contributed by atoms with E-state index < -0.39 is 0 Å². The molecule has 41 heavy (non-hydrogen) atoms. The maximum Gasteiger partial charge on any atom is 0.294 e. The van der Waals surface area contributed by atoms with Gasteiger partial charge in [-0.25, -0.2) is 0 Å². The highest BCUT2D eigenvalue weighted by Crippen LogP contribution is 2.61. The second-order valence-corrected chi connectivity index (χ2v) is 13.1. The standard InChI is InChI=1S/C36H38N2O3/c1-23-6-5-7-26(14-23)22-38-31-8-3-4-9-32(31)41-33(35(38)40)18-25-10-12-30(13-11-25)34(39)37-24(2)36-19-27-15-28(20-36)17-29(16-27)21-36/h3-14,18,24,27-29H,15-17,19-22H2,1-2H3,(H,37,39)/b33-18+/t24-,27?,28?,29?,36?/m0/s1. The molecule has 4 saturated carbocycles. The summed E-state index contributed by atoms with van der Waals surface area (Å²) in [6, 6.07) is 23.5. The third kappa shape index (κ3) is 4.96. The van der Waals surface area contributed by atoms with Crippen LogP contribution in [0.3, 0.4) is 0 Å². The molecule has 1 aliphatic heterocycles. The molecule has 4 fully saturated rings. The lowest BCUT2D eigenvalue weighted by Crippen LogP contribution is -2.55. The maximum absolute atomic E-state index is 13.6. The molecule has 0 aromatic heterocycles. The zero-order valence-corrected chi connectivity index (χ0v) is 23.9. The summed E-state index contributed by atoms with van der Waals surface area (Å²) in [5, 5.41) is 3.37. The number of rotatable bonds is 6. The summed E-state index contributed by atoms with van der Waals surface area (Å²) in [5.41, 5.74) is 4.71. The average Bonchev–Trinajstić information content (AvgIpc) is 2.95. The molecule has 0 saturated heterocycles. The van der Waals surface area contributed by atoms with Crippen molar-refractivity contribution in [2.45, 2.75) is 65.0 Å². The minimum Gasteiger partial charge on any atom is -0.449 e. The molecule has 3 aromatic carbocycles. The Balaban J connectivity index is 1.07. The summed E-state index contributed by atoms with van der Waals surface area (Å²) in [7, 11) is 0. The fraction of sp³-hybridized carbons (Fsp3) is 0.389. The van der Waals surface area contributed by atoms with Crippen LogP contribution in [0.15, 0.2) is 78.6 Å². The molecule has 210 valence electrons. The van der Waals surface area contributed by atoms with Crippen molar-refractivity contribution in [3.63, 3.8) is 0 Å². The van der Waals surface area contributed by atoms with Crippen molar-refractivity contribution in [3.05, 3.63) is 101 Å². The monoisotopic (exact) mass is 546 g/mol. The van der Waals surface area contributed by atoms with E-state index in [1.807, 2.05) is 60.7 Å². The minimum absolute atomic E-state index is 0.0179. The van der Waals surface area contributed by atoms with E-state index in [9.17, 15) is 9.59 Å². The lowest BCUT2D eigenvalue weighted by molar-refractivity contribution is -0.117. The van der Waals surface area contributed by atoms with Gasteiger partial charge in [0, 0.05) is 11.6 Å². The van der Waals surface area contributed by atoms with Gasteiger partial charge in [-0.2, -0.15) is 0 Å². The van der Waals surface area contributed by atoms with Gasteiger partial charge in [-0.3, -0.25) is 14.5 Å². The van der Waals surface area contributed by atoms with Crippen LogP contribution in [0.1, 0.15) is 72.5 Å². The number of amides is 2. The summed E-state index contributed by atoms with van der Waals surface area (Å²) in [4.78, 5) is 28.6. The quantitative estimate of drug-likeness (QED) is 0.330. The van der Waals surface area contributed by atoms with Crippen molar-refractivity contribution in [1.29, 1.82) is 0 Å². The molecule has 5 aliphatic rings. The number of carbonyl (C=O) groups is 2. The number of hydrogen-bond acceptors (Lipinski definition) is 3. The summed E-state index contributed by atoms with van der Waals surface area (Å²) >= 11 is 0. The van der Waals surface area contributed by atoms with Crippen LogP contribution in [0.25, 0.3) is 6.08 Å². The number of ether oxygens (including phenoxy) is 1. The average molecular weight is 547 g/mol. The van der Waals surface area contributed by atoms with Gasteiger partial charge in [0.2, 0.25) is 0 Å². The van der Waals surface area contributed by atoms with Crippen LogP contribution >= 0.6 is 0 Å². The number of aryl methyl sites for hydroxylation is 1. The van der Waals surface area contributed by atoms with Gasteiger partial charge in [0.05, 0.1) is 12.2 Å². The van der Waals surface area contributed by atoms with E-state index in [4.69, 9.17) is 4.74 Å². The molecule has 4 aliphatic carbocycles. The van der Waals surface area contributed by atoms with Crippen molar-refractivity contribution in [2.75, 3.05) is 4.90 Å². The third-order valence-corrected chi connectivity index (χ3v) is 10.1. The molecule has 8 rings (SSSR count). The number of anilines is 1. The first-order valence-corrected chi connectivity index (χ1v) is 15.1. The summed E-state index contributed by atoms with van der Waals surface area (Å²) in [6.45, 7) is 4.73. The van der Waals surface area contributed by atoms with Crippen LogP contribution in [-0.4, -0.2) is 17.9 Å². The maximum atomic E-state index is 13.6. The normalized spacial score (nSPS) is 27.9. The Morgan fingerprint density at radius 2 is 1.66 bits per heavy atom. The van der Waals surface area contributed by atoms with Crippen molar-refractivity contribution in [2.24, 2.45) is 23.2 Å². The molecule has 1 heterocycles. The van der Waals surface area contributed by atoms with E-state index in [1.54, 1.807) is 11.0 Å². The van der Waals surface area contributed by atoms with E-state index in [2.05, 4.69) is 31.3 Å². The van der Waals surface area contributed by atoms with Crippen LogP contribution in [0, 0.1) is 30.1 Å². The molecule has 1 N–H and O–H groups in total. The van der Waals surface area contributed by atoms with E-state index in [0.29, 0.717) is 17.9 Å². The predicted octanol–water partition coefficient (Wildman–Crippen LogP) is 7.30. The van der Waals surface area contributed by atoms with E-state index in [0.717, 1.165) is 40.1 Å². The van der Waals surface area contributed by atoms with Crippen molar-refractivity contribution in [3.8, 4) is 5.75 Å². The minimum atomic E-state index is -0.184. The largest absolute Gasteiger partial charge is 0.449 e. The zero-order valence-electron chi connectivity index (χ0n) is 23.9. The fourth-order valence-corrected chi connectivity index (χ4v) is 8.44. The molecule has 5 heteroatoms. The van der Waals surface area contributed by atoms with Gasteiger partial charge in [0.1, 0.15) is 0 Å². The summed E-state index contributed by atoms with van der Waals surface area (Å²) in [5.74, 6) is 3.30. The highest BCUT2D eigenvalue weighted by Gasteiger charge is 2.53. The van der Waals surface area contributed by atoms with Crippen LogP contribution in [-0.2, 0) is 11.3 Å². The molecule has 0 radical (unpaired) electrons. The van der Waals surface area contributed by atoms with Crippen LogP contribution in [0.5, 0.6) is 5.75 Å². The fourth-order valence-electron chi connectivity index (χ4n) is 8.44. The molecule has 2 amide bonds. The van der Waals surface area contributed by atoms with Gasteiger partial charge < -0.3 is 10.1 Å². The molecule has 0 spiro atoms. The molecule has 3 aromatic rings. The first-order valence-electron chi connectivity index (χ1n) is 15.1. The second kappa shape index (κ2) is 10.2. The smallest absolute Gasteiger partial charge is 0.294 e. The topological polar surface area (TPSA) is 58.6 Å². The van der Waals surface area contributed by atoms with E-state index >= 15 is 0 Å². The third-order valence-electron chi connectivity index (χ3n) is 10.1. The Morgan fingerprint density at radius 1 is 0.976 bits per heavy atom. The number of nitrogens with one attached hydrogen (secondary N) is 1. The van der Waals surface area contributed by atoms with Crippen LogP contribution in [0.2, 0.25) is 0 Å². The Labute approximate surface area is 242 Å². The highest BCUT2D eigenvalue weighted by atomic mass is 16.5. The Hall–Kier alpha value is -3.86. The first-order chi connectivity index (χ1) is 19.8. The lowest BCUT2D eigenvalue weighted by atomic mass is 9.48. The number of para-hydroxylation sites is 2. The second-order valence-electron chi connectivity index (χ2n) is 13.1. The molecule has 0 unspecified atom stereocenters. The van der Waals surface area contributed by atoms with Gasteiger partial charge >= 0.3 is 0 Å². The number of carbonyl (C=O) groups excluding carboxylic acids is 2. The van der Waals surface area contributed by atoms with Gasteiger partial charge in [0.15, 0.2) is 11.5 Å². The van der Waals surface area contributed by atoms with Crippen molar-refractivity contribution >= 4 is 23.6 Å². The van der Waals surface area contributed by atoms with Gasteiger partial charge in [0.25, 0.3) is 11.8 Å². The molecule has 4 bridgehead atoms. The van der Waals surface area contributed by atoms with E-state index in [-0.39, 0.29) is 29.0 Å². The summed E-state index contributed by atoms with van der Waals surface area (Å²) in [6.07, 6.45) is 9.78. The van der Waals surface area contributed by atoms with Gasteiger partial charge in [-0.05, 0) is 117 Å². The Kier molecular flexibility index (Phi) is 6.49. The Morgan fingerprint density at radius 3 is 2.34 bits per heavy atom. The number of benzene rings is 3. The van der Waals surface area contributed by atoms with Crippen molar-refractivity contribution < 1.29 is 14.3 Å². The lowest BCUT2D eigenvalue weighted by Gasteiger charge is -2.59. The number of nitrogens with zero attached hydrogens (tertiary/aromatic N) is 1. The van der Waals surface area contributed by atoms with E-state index in [1.165, 1.54) is 38.5 Å². The number of hydrogen-bond donors (Lipinski definition) is 1. The van der Waals surface area contributed by atoms with Crippen LogP contribution in [0.4, 0.5) is 5.69 Å². The highest BCUT2D eigenvalue weighted by molar-refractivity contribution is 6.09. The van der Waals surface area contributed by atoms with Crippen molar-refractivity contribution in [1.82, 2.24) is 5.32 Å².